The van der Waals surface area contributed by atoms with Crippen LogP contribution in [0.1, 0.15) is 19.8 Å². The first kappa shape index (κ1) is 11.9. The number of ether oxygens (including phenoxy) is 1. The molecule has 1 fully saturated rings. The van der Waals surface area contributed by atoms with Gasteiger partial charge in [-0.1, -0.05) is 0 Å². The van der Waals surface area contributed by atoms with Gasteiger partial charge in [-0.2, -0.15) is 0 Å². The minimum absolute atomic E-state index is 0.148. The predicted molar refractivity (Wildman–Crippen MR) is 53.8 cm³/mol. The molecular formula is C9H17N3O3. The largest absolute Gasteiger partial charge is 0.382 e. The molecule has 1 heterocycles. The first-order valence-corrected chi connectivity index (χ1v) is 5.14. The molecule has 6 nitrogen and oxygen atoms in total. The van der Waals surface area contributed by atoms with Crippen LogP contribution < -0.4 is 16.2 Å². The number of carbonyl (C=O) groups is 2. The summed E-state index contributed by atoms with van der Waals surface area (Å²) in [5.74, 6) is -0.297. The van der Waals surface area contributed by atoms with E-state index in [4.69, 9.17) is 4.74 Å². The maximum absolute atomic E-state index is 11.4. The summed E-state index contributed by atoms with van der Waals surface area (Å²) in [4.78, 5) is 22.2. The molecule has 3 N–H and O–H groups in total. The molecule has 15 heavy (non-hydrogen) atoms. The molecule has 2 amide bonds. The van der Waals surface area contributed by atoms with Crippen molar-refractivity contribution in [3.8, 4) is 0 Å². The van der Waals surface area contributed by atoms with Crippen LogP contribution in [0.5, 0.6) is 0 Å². The normalized spacial score (nSPS) is 20.1. The van der Waals surface area contributed by atoms with E-state index in [2.05, 4.69) is 16.2 Å². The Morgan fingerprint density at radius 1 is 1.67 bits per heavy atom. The summed E-state index contributed by atoms with van der Waals surface area (Å²) in [6.45, 7) is 3.84. The molecule has 0 spiro atoms. The average molecular weight is 215 g/mol. The van der Waals surface area contributed by atoms with Crippen LogP contribution in [0.2, 0.25) is 0 Å². The van der Waals surface area contributed by atoms with E-state index in [0.29, 0.717) is 19.8 Å². The Kier molecular flexibility index (Phi) is 5.06. The smallest absolute Gasteiger partial charge is 0.239 e. The van der Waals surface area contributed by atoms with Crippen molar-refractivity contribution in [3.05, 3.63) is 0 Å². The summed E-state index contributed by atoms with van der Waals surface area (Å²) < 4.78 is 5.12. The molecular weight excluding hydrogens is 198 g/mol. The zero-order chi connectivity index (χ0) is 11.1. The van der Waals surface area contributed by atoms with Gasteiger partial charge in [0, 0.05) is 19.8 Å². The van der Waals surface area contributed by atoms with Gasteiger partial charge in [0.25, 0.3) is 0 Å². The molecule has 1 aliphatic heterocycles. The Bertz CT molecular complexity index is 233. The van der Waals surface area contributed by atoms with Crippen LogP contribution >= 0.6 is 0 Å². The third kappa shape index (κ3) is 4.26. The number of hydrogen-bond donors (Lipinski definition) is 3. The minimum Gasteiger partial charge on any atom is -0.382 e. The molecule has 1 atom stereocenters. The standard InChI is InChI=1S/C9H17N3O3/c1-2-15-5-3-4-10-9(14)7-6-8(13)12-11-7/h7,11H,2-6H2,1H3,(H,10,14)(H,12,13). The predicted octanol–water partition coefficient (Wildman–Crippen LogP) is -1.08. The van der Waals surface area contributed by atoms with Crippen LogP contribution in [0.4, 0.5) is 0 Å². The van der Waals surface area contributed by atoms with Gasteiger partial charge >= 0.3 is 0 Å². The van der Waals surface area contributed by atoms with E-state index in [1.54, 1.807) is 0 Å². The molecule has 0 aliphatic carbocycles. The summed E-state index contributed by atoms with van der Waals surface area (Å²) in [5.41, 5.74) is 5.00. The fraction of sp³-hybridized carbons (Fsp3) is 0.778. The van der Waals surface area contributed by atoms with Crippen LogP contribution in [0.3, 0.4) is 0 Å². The fourth-order valence-electron chi connectivity index (χ4n) is 1.27. The number of nitrogens with one attached hydrogen (secondary N) is 3. The summed E-state index contributed by atoms with van der Waals surface area (Å²) in [5, 5.41) is 2.73. The Hall–Kier alpha value is -1.14. The molecule has 0 bridgehead atoms. The van der Waals surface area contributed by atoms with E-state index in [9.17, 15) is 9.59 Å². The van der Waals surface area contributed by atoms with Gasteiger partial charge in [0.1, 0.15) is 6.04 Å². The van der Waals surface area contributed by atoms with Gasteiger partial charge < -0.3 is 10.1 Å². The summed E-state index contributed by atoms with van der Waals surface area (Å²) in [6.07, 6.45) is 0.991. The van der Waals surface area contributed by atoms with Crippen molar-refractivity contribution < 1.29 is 14.3 Å². The Morgan fingerprint density at radius 2 is 2.47 bits per heavy atom. The SMILES string of the molecule is CCOCCCNC(=O)C1CC(=O)NN1. The van der Waals surface area contributed by atoms with Gasteiger partial charge in [-0.05, 0) is 13.3 Å². The van der Waals surface area contributed by atoms with E-state index >= 15 is 0 Å². The lowest BCUT2D eigenvalue weighted by Gasteiger charge is -2.09. The third-order valence-electron chi connectivity index (χ3n) is 2.06. The highest BCUT2D eigenvalue weighted by Gasteiger charge is 2.26. The van der Waals surface area contributed by atoms with Crippen LogP contribution in [-0.4, -0.2) is 37.6 Å². The summed E-state index contributed by atoms with van der Waals surface area (Å²) >= 11 is 0. The van der Waals surface area contributed by atoms with E-state index in [-0.39, 0.29) is 18.2 Å². The molecule has 86 valence electrons. The van der Waals surface area contributed by atoms with Crippen molar-refractivity contribution in [1.82, 2.24) is 16.2 Å². The van der Waals surface area contributed by atoms with Crippen molar-refractivity contribution in [2.45, 2.75) is 25.8 Å². The van der Waals surface area contributed by atoms with E-state index in [1.807, 2.05) is 6.92 Å². The molecule has 6 heteroatoms. The molecule has 1 aliphatic rings. The number of hydrogen-bond acceptors (Lipinski definition) is 4. The Labute approximate surface area is 88.7 Å². The third-order valence-corrected chi connectivity index (χ3v) is 2.06. The first-order valence-electron chi connectivity index (χ1n) is 5.14. The highest BCUT2D eigenvalue weighted by atomic mass is 16.5. The van der Waals surface area contributed by atoms with E-state index < -0.39 is 6.04 Å². The molecule has 0 saturated carbocycles. The molecule has 1 saturated heterocycles. The van der Waals surface area contributed by atoms with Crippen molar-refractivity contribution in [1.29, 1.82) is 0 Å². The number of amides is 2. The van der Waals surface area contributed by atoms with Crippen LogP contribution in [-0.2, 0) is 14.3 Å². The maximum Gasteiger partial charge on any atom is 0.239 e. The highest BCUT2D eigenvalue weighted by Crippen LogP contribution is 1.97. The van der Waals surface area contributed by atoms with Gasteiger partial charge in [-0.3, -0.25) is 15.0 Å². The second-order valence-corrected chi connectivity index (χ2v) is 3.29. The van der Waals surface area contributed by atoms with Gasteiger partial charge in [0.15, 0.2) is 0 Å². The fourth-order valence-corrected chi connectivity index (χ4v) is 1.27. The van der Waals surface area contributed by atoms with Crippen LogP contribution in [0, 0.1) is 0 Å². The van der Waals surface area contributed by atoms with Crippen molar-refractivity contribution in [2.75, 3.05) is 19.8 Å². The monoisotopic (exact) mass is 215 g/mol. The number of rotatable bonds is 6. The molecule has 0 aromatic carbocycles. The van der Waals surface area contributed by atoms with Crippen LogP contribution in [0.15, 0.2) is 0 Å². The molecule has 0 radical (unpaired) electrons. The van der Waals surface area contributed by atoms with Gasteiger partial charge in [0.2, 0.25) is 11.8 Å². The second kappa shape index (κ2) is 6.36. The maximum atomic E-state index is 11.4. The first-order chi connectivity index (χ1) is 7.24. The lowest BCUT2D eigenvalue weighted by Crippen LogP contribution is -2.43. The lowest BCUT2D eigenvalue weighted by atomic mass is 10.2. The molecule has 0 aromatic rings. The van der Waals surface area contributed by atoms with Crippen molar-refractivity contribution in [2.24, 2.45) is 0 Å². The summed E-state index contributed by atoms with van der Waals surface area (Å²) in [6, 6.07) is -0.440. The van der Waals surface area contributed by atoms with E-state index in [1.165, 1.54) is 0 Å². The van der Waals surface area contributed by atoms with Crippen LogP contribution in [0.25, 0.3) is 0 Å². The lowest BCUT2D eigenvalue weighted by molar-refractivity contribution is -0.124. The quantitative estimate of drug-likeness (QED) is 0.493. The zero-order valence-electron chi connectivity index (χ0n) is 8.84. The molecule has 1 unspecified atom stereocenters. The van der Waals surface area contributed by atoms with E-state index in [0.717, 1.165) is 6.42 Å². The number of carbonyl (C=O) groups excluding carboxylic acids is 2. The van der Waals surface area contributed by atoms with Crippen molar-refractivity contribution >= 4 is 11.8 Å². The van der Waals surface area contributed by atoms with Gasteiger partial charge in [-0.15, -0.1) is 0 Å². The Morgan fingerprint density at radius 3 is 3.07 bits per heavy atom. The highest BCUT2D eigenvalue weighted by molar-refractivity contribution is 5.90. The van der Waals surface area contributed by atoms with Gasteiger partial charge in [-0.25, -0.2) is 5.43 Å². The zero-order valence-corrected chi connectivity index (χ0v) is 8.84. The van der Waals surface area contributed by atoms with Gasteiger partial charge in [0.05, 0.1) is 6.42 Å². The minimum atomic E-state index is -0.440. The Balaban J connectivity index is 2.06. The average Bonchev–Trinajstić information content (AvgIpc) is 2.64. The second-order valence-electron chi connectivity index (χ2n) is 3.29. The molecule has 1 rings (SSSR count). The topological polar surface area (TPSA) is 79.5 Å². The number of hydrazine groups is 1. The molecule has 0 aromatic heterocycles. The summed E-state index contributed by atoms with van der Waals surface area (Å²) in [7, 11) is 0. The van der Waals surface area contributed by atoms with Crippen molar-refractivity contribution in [3.63, 3.8) is 0 Å².